The minimum atomic E-state index is -3.92. The topological polar surface area (TPSA) is 90.7 Å². The fraction of sp³-hybridized carbons (Fsp3) is 0.250. The van der Waals surface area contributed by atoms with Crippen molar-refractivity contribution >= 4 is 15.5 Å². The molecule has 0 unspecified atom stereocenters. The lowest BCUT2D eigenvalue weighted by Crippen LogP contribution is -2.14. The lowest BCUT2D eigenvalue weighted by atomic mass is 10.3. The summed E-state index contributed by atoms with van der Waals surface area (Å²) in [6.45, 7) is -2.25. The Balaban J connectivity index is 2.42. The largest absolute Gasteiger partial charge is 0.495 e. The van der Waals surface area contributed by atoms with E-state index in [0.29, 0.717) is 24.5 Å². The van der Waals surface area contributed by atoms with Crippen LogP contribution in [-0.4, -0.2) is 35.2 Å². The zero-order chi connectivity index (χ0) is 18.4. The summed E-state index contributed by atoms with van der Waals surface area (Å²) in [5, 5.41) is 2.98. The molecule has 2 aromatic carbocycles. The standard InChI is InChI=1S/C16H18F2N2O4S/c1-23-15-6-5-13(10-14(15)20-8-7-19)25(21,22)12-4-2-3-11(9-12)24-16(17)18/h2-6,9-10,16,20H,7-8,19H2,1H3. The highest BCUT2D eigenvalue weighted by Gasteiger charge is 2.20. The second-order valence-corrected chi connectivity index (χ2v) is 6.88. The van der Waals surface area contributed by atoms with Gasteiger partial charge < -0.3 is 20.5 Å². The van der Waals surface area contributed by atoms with Gasteiger partial charge in [0.1, 0.15) is 11.5 Å². The summed E-state index contributed by atoms with van der Waals surface area (Å²) >= 11 is 0. The highest BCUT2D eigenvalue weighted by Crippen LogP contribution is 2.31. The molecule has 9 heteroatoms. The van der Waals surface area contributed by atoms with Gasteiger partial charge in [0.05, 0.1) is 22.6 Å². The van der Waals surface area contributed by atoms with E-state index >= 15 is 0 Å². The number of anilines is 1. The van der Waals surface area contributed by atoms with Crippen molar-refractivity contribution in [2.24, 2.45) is 5.73 Å². The zero-order valence-corrected chi connectivity index (χ0v) is 14.2. The highest BCUT2D eigenvalue weighted by atomic mass is 32.2. The highest BCUT2D eigenvalue weighted by molar-refractivity contribution is 7.91. The van der Waals surface area contributed by atoms with Gasteiger partial charge in [-0.05, 0) is 36.4 Å². The molecular formula is C16H18F2N2O4S. The zero-order valence-electron chi connectivity index (χ0n) is 13.4. The Labute approximate surface area is 144 Å². The summed E-state index contributed by atoms with van der Waals surface area (Å²) in [5.41, 5.74) is 5.91. The summed E-state index contributed by atoms with van der Waals surface area (Å²) in [6.07, 6.45) is 0. The van der Waals surface area contributed by atoms with Crippen LogP contribution in [0.25, 0.3) is 0 Å². The summed E-state index contributed by atoms with van der Waals surface area (Å²) in [4.78, 5) is -0.164. The predicted molar refractivity (Wildman–Crippen MR) is 89.1 cm³/mol. The number of nitrogens with one attached hydrogen (secondary N) is 1. The van der Waals surface area contributed by atoms with E-state index in [-0.39, 0.29) is 15.5 Å². The van der Waals surface area contributed by atoms with Gasteiger partial charge in [0.15, 0.2) is 0 Å². The molecule has 0 atom stereocenters. The van der Waals surface area contributed by atoms with Gasteiger partial charge in [-0.25, -0.2) is 8.42 Å². The van der Waals surface area contributed by atoms with E-state index in [1.54, 1.807) is 0 Å². The number of hydrogen-bond acceptors (Lipinski definition) is 6. The normalized spacial score (nSPS) is 11.4. The second-order valence-electron chi connectivity index (χ2n) is 4.93. The van der Waals surface area contributed by atoms with Crippen LogP contribution in [0.2, 0.25) is 0 Å². The van der Waals surface area contributed by atoms with Crippen molar-refractivity contribution in [1.82, 2.24) is 0 Å². The molecule has 0 radical (unpaired) electrons. The molecule has 0 bridgehead atoms. The first kappa shape index (κ1) is 18.9. The monoisotopic (exact) mass is 372 g/mol. The van der Waals surface area contributed by atoms with Crippen LogP contribution in [0.4, 0.5) is 14.5 Å². The second kappa shape index (κ2) is 8.13. The van der Waals surface area contributed by atoms with E-state index in [2.05, 4.69) is 10.1 Å². The molecule has 3 N–H and O–H groups in total. The third-order valence-corrected chi connectivity index (χ3v) is 5.03. The molecule has 0 fully saturated rings. The maximum atomic E-state index is 12.8. The first-order valence-corrected chi connectivity index (χ1v) is 8.78. The van der Waals surface area contributed by atoms with E-state index in [4.69, 9.17) is 10.5 Å². The molecule has 0 aromatic heterocycles. The van der Waals surface area contributed by atoms with Crippen molar-refractivity contribution in [3.05, 3.63) is 42.5 Å². The maximum Gasteiger partial charge on any atom is 0.387 e. The molecule has 25 heavy (non-hydrogen) atoms. The first-order valence-electron chi connectivity index (χ1n) is 7.30. The Hall–Kier alpha value is -2.39. The van der Waals surface area contributed by atoms with Crippen molar-refractivity contribution in [1.29, 1.82) is 0 Å². The first-order chi connectivity index (χ1) is 11.9. The van der Waals surface area contributed by atoms with Gasteiger partial charge in [-0.3, -0.25) is 0 Å². The predicted octanol–water partition coefficient (Wildman–Crippen LogP) is 2.50. The molecule has 0 aliphatic heterocycles. The van der Waals surface area contributed by atoms with Crippen LogP contribution in [0.1, 0.15) is 0 Å². The smallest absolute Gasteiger partial charge is 0.387 e. The van der Waals surface area contributed by atoms with Gasteiger partial charge in [0.25, 0.3) is 0 Å². The minimum absolute atomic E-state index is 0.0120. The third kappa shape index (κ3) is 4.58. The summed E-state index contributed by atoms with van der Waals surface area (Å²) in [7, 11) is -2.46. The molecular weight excluding hydrogens is 354 g/mol. The molecule has 0 saturated carbocycles. The van der Waals surface area contributed by atoms with E-state index in [9.17, 15) is 17.2 Å². The van der Waals surface area contributed by atoms with Crippen molar-refractivity contribution in [2.75, 3.05) is 25.5 Å². The van der Waals surface area contributed by atoms with Gasteiger partial charge in [-0.2, -0.15) is 8.78 Å². The SMILES string of the molecule is COc1ccc(S(=O)(=O)c2cccc(OC(F)F)c2)cc1NCCN. The van der Waals surface area contributed by atoms with Gasteiger partial charge in [-0.1, -0.05) is 6.07 Å². The van der Waals surface area contributed by atoms with Crippen LogP contribution in [0.15, 0.2) is 52.3 Å². The molecule has 0 aliphatic rings. The lowest BCUT2D eigenvalue weighted by molar-refractivity contribution is -0.0499. The number of nitrogens with two attached hydrogens (primary N) is 1. The molecule has 0 aliphatic carbocycles. The van der Waals surface area contributed by atoms with E-state index < -0.39 is 16.4 Å². The van der Waals surface area contributed by atoms with Crippen LogP contribution >= 0.6 is 0 Å². The van der Waals surface area contributed by atoms with Crippen LogP contribution in [-0.2, 0) is 9.84 Å². The molecule has 0 saturated heterocycles. The van der Waals surface area contributed by atoms with E-state index in [1.807, 2.05) is 0 Å². The van der Waals surface area contributed by atoms with Gasteiger partial charge in [0, 0.05) is 13.1 Å². The molecule has 6 nitrogen and oxygen atoms in total. The molecule has 2 rings (SSSR count). The lowest BCUT2D eigenvalue weighted by Gasteiger charge is -2.13. The fourth-order valence-electron chi connectivity index (χ4n) is 2.15. The number of ether oxygens (including phenoxy) is 2. The molecule has 0 spiro atoms. The summed E-state index contributed by atoms with van der Waals surface area (Å²) in [5.74, 6) is 0.230. The number of sulfone groups is 1. The van der Waals surface area contributed by atoms with Crippen LogP contribution < -0.4 is 20.5 Å². The van der Waals surface area contributed by atoms with Gasteiger partial charge in [-0.15, -0.1) is 0 Å². The van der Waals surface area contributed by atoms with E-state index in [0.717, 1.165) is 6.07 Å². The van der Waals surface area contributed by atoms with E-state index in [1.165, 1.54) is 43.5 Å². The van der Waals surface area contributed by atoms with Crippen LogP contribution in [0, 0.1) is 0 Å². The molecule has 2 aromatic rings. The molecule has 136 valence electrons. The fourth-order valence-corrected chi connectivity index (χ4v) is 3.47. The number of methoxy groups -OCH3 is 1. The Kier molecular flexibility index (Phi) is 6.16. The number of rotatable bonds is 8. The molecule has 0 amide bonds. The van der Waals surface area contributed by atoms with Gasteiger partial charge >= 0.3 is 6.61 Å². The van der Waals surface area contributed by atoms with Crippen LogP contribution in [0.5, 0.6) is 11.5 Å². The Morgan fingerprint density at radius 3 is 2.52 bits per heavy atom. The van der Waals surface area contributed by atoms with Crippen LogP contribution in [0.3, 0.4) is 0 Å². The van der Waals surface area contributed by atoms with Gasteiger partial charge in [0.2, 0.25) is 9.84 Å². The Morgan fingerprint density at radius 1 is 1.16 bits per heavy atom. The van der Waals surface area contributed by atoms with Crippen molar-refractivity contribution in [3.8, 4) is 11.5 Å². The van der Waals surface area contributed by atoms with Crippen molar-refractivity contribution < 1.29 is 26.7 Å². The Morgan fingerprint density at radius 2 is 1.88 bits per heavy atom. The summed E-state index contributed by atoms with van der Waals surface area (Å²) in [6, 6.07) is 9.25. The number of alkyl halides is 2. The van der Waals surface area contributed by atoms with Crippen molar-refractivity contribution in [2.45, 2.75) is 16.4 Å². The molecule has 0 heterocycles. The maximum absolute atomic E-state index is 12.8. The number of halogens is 2. The average molecular weight is 372 g/mol. The number of benzene rings is 2. The summed E-state index contributed by atoms with van der Waals surface area (Å²) < 4.78 is 59.6. The Bertz CT molecular complexity index is 829. The quantitative estimate of drug-likeness (QED) is 0.740. The minimum Gasteiger partial charge on any atom is -0.495 e. The van der Waals surface area contributed by atoms with Crippen molar-refractivity contribution in [3.63, 3.8) is 0 Å². The number of hydrogen-bond donors (Lipinski definition) is 2. The average Bonchev–Trinajstić information content (AvgIpc) is 2.59. The third-order valence-electron chi connectivity index (χ3n) is 3.28.